The molecule has 0 aromatic rings. The minimum absolute atomic E-state index is 0. The molecule has 0 heterocycles. The Hall–Kier alpha value is -2.56. The van der Waals surface area contributed by atoms with Crippen LogP contribution in [0.4, 0.5) is 0 Å². The summed E-state index contributed by atoms with van der Waals surface area (Å²) in [6.45, 7) is 18.2. The van der Waals surface area contributed by atoms with Crippen molar-refractivity contribution in [2.75, 3.05) is 14.2 Å². The average Bonchev–Trinajstić information content (AvgIpc) is 3.40. The predicted molar refractivity (Wildman–Crippen MR) is 159 cm³/mol. The van der Waals surface area contributed by atoms with E-state index >= 15 is 0 Å². The fraction of sp³-hybridized carbons (Fsp3) is 0.821. The van der Waals surface area contributed by atoms with Crippen LogP contribution in [0.25, 0.3) is 0 Å². The van der Waals surface area contributed by atoms with E-state index in [4.69, 9.17) is 0 Å². The summed E-state index contributed by atoms with van der Waals surface area (Å²) in [6.07, 6.45) is 9.93. The molecule has 12 heteroatoms. The van der Waals surface area contributed by atoms with Crippen LogP contribution in [0.2, 0.25) is 0 Å². The number of nitro groups is 2. The Bertz CT molecular complexity index is 787. The maximum Gasteiger partial charge on any atom is 0.329 e. The molecule has 0 spiro atoms. The molecule has 2 saturated carbocycles. The summed E-state index contributed by atoms with van der Waals surface area (Å²) in [7, 11) is 2.57. The zero-order valence-electron chi connectivity index (χ0n) is 26.2. The van der Waals surface area contributed by atoms with Crippen molar-refractivity contribution in [2.45, 2.75) is 125 Å². The average molecular weight is 597 g/mol. The molecule has 2 fully saturated rings. The minimum Gasteiger partial charge on any atom is -0.469 e. The van der Waals surface area contributed by atoms with Crippen molar-refractivity contribution in [3.05, 3.63) is 32.9 Å². The van der Waals surface area contributed by atoms with Gasteiger partial charge in [0.15, 0.2) is 0 Å². The van der Waals surface area contributed by atoms with Gasteiger partial charge in [-0.3, -0.25) is 29.8 Å². The second-order valence-electron chi connectivity index (χ2n) is 12.0. The van der Waals surface area contributed by atoms with E-state index in [2.05, 4.69) is 43.7 Å². The maximum atomic E-state index is 10.7. The van der Waals surface area contributed by atoms with Crippen molar-refractivity contribution in [1.29, 1.82) is 0 Å². The SMILES string of the molecule is C=CC(=O)OC.CC(C)[N+](=O)[O-].CC1(C)CCC(=O)C1.CC1(C)CCCC1.COC(=O)CCC(C)(C)[N+](=O)[O-].Cl. The third-order valence-electron chi connectivity index (χ3n) is 6.17. The fourth-order valence-electron chi connectivity index (χ4n) is 3.21. The molecular formula is C28H53ClN2O9. The molecule has 236 valence electrons. The van der Waals surface area contributed by atoms with Gasteiger partial charge in [-0.25, -0.2) is 4.79 Å². The van der Waals surface area contributed by atoms with Crippen LogP contribution in [0, 0.1) is 31.1 Å². The second kappa shape index (κ2) is 22.2. The van der Waals surface area contributed by atoms with Crippen molar-refractivity contribution in [2.24, 2.45) is 10.8 Å². The summed E-state index contributed by atoms with van der Waals surface area (Å²) in [4.78, 5) is 50.3. The Balaban J connectivity index is -0.000000207. The summed E-state index contributed by atoms with van der Waals surface area (Å²) in [5.41, 5.74) is -0.0364. The standard InChI is InChI=1S/C7H13NO4.C7H12O.C7H14.C4H6O2.C3H7NO2.ClH/c1-7(2,8(10)11)5-4-6(9)12-3;1-7(2)4-3-6(8)5-7;1-7(2)5-3-4-6-7;1-3-4(5)6-2;1-3(2)4(5)6;/h4-5H2,1-3H3;3-5H2,1-2H3;3-6H2,1-2H3;3H,1H2,2H3;3H,1-2H3;1H. The third-order valence-corrected chi connectivity index (χ3v) is 6.17. The number of esters is 2. The first kappa shape index (κ1) is 44.5. The first-order valence-electron chi connectivity index (χ1n) is 13.2. The number of halogens is 1. The Kier molecular flexibility index (Phi) is 24.6. The first-order valence-corrected chi connectivity index (χ1v) is 13.2. The Labute approximate surface area is 246 Å². The Morgan fingerprint density at radius 3 is 1.60 bits per heavy atom. The summed E-state index contributed by atoms with van der Waals surface area (Å²) in [5.74, 6) is -0.366. The van der Waals surface area contributed by atoms with Gasteiger partial charge in [-0.2, -0.15) is 0 Å². The van der Waals surface area contributed by atoms with E-state index in [-0.39, 0.29) is 30.2 Å². The van der Waals surface area contributed by atoms with Crippen molar-refractivity contribution in [1.82, 2.24) is 0 Å². The number of carbonyl (C=O) groups excluding carboxylic acids is 3. The highest BCUT2D eigenvalue weighted by Crippen LogP contribution is 2.36. The monoisotopic (exact) mass is 596 g/mol. The van der Waals surface area contributed by atoms with Gasteiger partial charge >= 0.3 is 11.9 Å². The number of rotatable bonds is 6. The van der Waals surface area contributed by atoms with Crippen LogP contribution < -0.4 is 0 Å². The number of hydrogen-bond donors (Lipinski definition) is 0. The summed E-state index contributed by atoms with van der Waals surface area (Å²) in [5, 5.41) is 19.9. The van der Waals surface area contributed by atoms with Crippen LogP contribution in [0.5, 0.6) is 0 Å². The van der Waals surface area contributed by atoms with E-state index < -0.39 is 28.4 Å². The second-order valence-corrected chi connectivity index (χ2v) is 12.0. The number of hydrogen-bond acceptors (Lipinski definition) is 9. The topological polar surface area (TPSA) is 156 Å². The molecular weight excluding hydrogens is 544 g/mol. The predicted octanol–water partition coefficient (Wildman–Crippen LogP) is 6.79. The van der Waals surface area contributed by atoms with E-state index in [9.17, 15) is 34.6 Å². The van der Waals surface area contributed by atoms with Gasteiger partial charge in [0, 0.05) is 62.9 Å². The highest BCUT2D eigenvalue weighted by Gasteiger charge is 2.31. The molecule has 2 aliphatic carbocycles. The van der Waals surface area contributed by atoms with Gasteiger partial charge in [0.1, 0.15) is 5.78 Å². The van der Waals surface area contributed by atoms with Gasteiger partial charge < -0.3 is 9.47 Å². The molecule has 2 rings (SSSR count). The zero-order valence-corrected chi connectivity index (χ0v) is 27.0. The molecule has 0 unspecified atom stereocenters. The fourth-order valence-corrected chi connectivity index (χ4v) is 3.21. The highest BCUT2D eigenvalue weighted by atomic mass is 35.5. The number of ketones is 1. The quantitative estimate of drug-likeness (QED) is 0.139. The Morgan fingerprint density at radius 2 is 1.45 bits per heavy atom. The van der Waals surface area contributed by atoms with Crippen LogP contribution in [0.3, 0.4) is 0 Å². The van der Waals surface area contributed by atoms with E-state index in [1.807, 2.05) is 0 Å². The lowest BCUT2D eigenvalue weighted by Crippen LogP contribution is -2.31. The van der Waals surface area contributed by atoms with Crippen molar-refractivity contribution in [3.8, 4) is 0 Å². The van der Waals surface area contributed by atoms with E-state index in [0.717, 1.165) is 25.3 Å². The lowest BCUT2D eigenvalue weighted by atomic mass is 9.92. The van der Waals surface area contributed by atoms with Crippen LogP contribution in [0.15, 0.2) is 12.7 Å². The zero-order chi connectivity index (χ0) is 31.4. The number of ether oxygens (including phenoxy) is 2. The molecule has 11 nitrogen and oxygen atoms in total. The number of Topliss-reactive ketones (excluding diaryl/α,β-unsaturated/α-hetero) is 1. The number of methoxy groups -OCH3 is 2. The van der Waals surface area contributed by atoms with Gasteiger partial charge in [0.05, 0.1) is 20.6 Å². The molecule has 0 atom stereocenters. The van der Waals surface area contributed by atoms with Gasteiger partial charge in [-0.05, 0) is 30.1 Å². The molecule has 0 saturated heterocycles. The largest absolute Gasteiger partial charge is 0.469 e. The molecule has 0 amide bonds. The molecule has 0 aromatic carbocycles. The number of carbonyl (C=O) groups is 3. The lowest BCUT2D eigenvalue weighted by Gasteiger charge is -2.13. The smallest absolute Gasteiger partial charge is 0.329 e. The van der Waals surface area contributed by atoms with E-state index in [0.29, 0.717) is 16.6 Å². The van der Waals surface area contributed by atoms with Gasteiger partial charge in [0.25, 0.3) is 0 Å². The van der Waals surface area contributed by atoms with Crippen molar-refractivity contribution >= 4 is 30.1 Å². The highest BCUT2D eigenvalue weighted by molar-refractivity contribution is 5.85. The first-order chi connectivity index (χ1) is 17.7. The number of nitrogens with zero attached hydrogens (tertiary/aromatic N) is 2. The summed E-state index contributed by atoms with van der Waals surface area (Å²) >= 11 is 0. The van der Waals surface area contributed by atoms with Gasteiger partial charge in [-0.1, -0.05) is 47.1 Å². The maximum absolute atomic E-state index is 10.7. The Morgan fingerprint density at radius 1 is 1.00 bits per heavy atom. The molecule has 40 heavy (non-hydrogen) atoms. The third kappa shape index (κ3) is 27.0. The van der Waals surface area contributed by atoms with Crippen LogP contribution >= 0.6 is 12.4 Å². The molecule has 0 aromatic heterocycles. The molecule has 0 aliphatic heterocycles. The van der Waals surface area contributed by atoms with Crippen LogP contribution in [0.1, 0.15) is 113 Å². The van der Waals surface area contributed by atoms with Crippen molar-refractivity contribution in [3.63, 3.8) is 0 Å². The normalized spacial score (nSPS) is 15.9. The van der Waals surface area contributed by atoms with Crippen LogP contribution in [-0.2, 0) is 23.9 Å². The van der Waals surface area contributed by atoms with Gasteiger partial charge in [0.2, 0.25) is 11.6 Å². The van der Waals surface area contributed by atoms with Gasteiger partial charge in [-0.15, -0.1) is 12.4 Å². The van der Waals surface area contributed by atoms with Crippen molar-refractivity contribution < 1.29 is 33.7 Å². The van der Waals surface area contributed by atoms with E-state index in [1.165, 1.54) is 53.8 Å². The minimum atomic E-state index is -1.05. The van der Waals surface area contributed by atoms with Crippen LogP contribution in [-0.4, -0.2) is 53.4 Å². The molecule has 0 radical (unpaired) electrons. The van der Waals surface area contributed by atoms with E-state index in [1.54, 1.807) is 13.8 Å². The molecule has 0 bridgehead atoms. The lowest BCUT2D eigenvalue weighted by molar-refractivity contribution is -0.561. The summed E-state index contributed by atoms with van der Waals surface area (Å²) < 4.78 is 8.51. The molecule has 2 aliphatic rings. The summed E-state index contributed by atoms with van der Waals surface area (Å²) in [6, 6.07) is -0.426. The molecule has 0 N–H and O–H groups in total.